The predicted octanol–water partition coefficient (Wildman–Crippen LogP) is 8.83. The number of rotatable bonds is 6. The normalized spacial score (nSPS) is 12.5. The van der Waals surface area contributed by atoms with Crippen LogP contribution in [0.1, 0.15) is 23.4 Å². The van der Waals surface area contributed by atoms with E-state index in [-0.39, 0.29) is 0 Å². The van der Waals surface area contributed by atoms with Crippen molar-refractivity contribution in [2.24, 2.45) is 0 Å². The Hall–Kier alpha value is -4.70. The van der Waals surface area contributed by atoms with E-state index in [4.69, 9.17) is 4.42 Å². The van der Waals surface area contributed by atoms with Crippen molar-refractivity contribution in [3.05, 3.63) is 132 Å². The van der Waals surface area contributed by atoms with Gasteiger partial charge >= 0.3 is 0 Å². The largest absolute Gasteiger partial charge is 0.416 e. The van der Waals surface area contributed by atoms with Crippen molar-refractivity contribution in [3.63, 3.8) is 0 Å². The Morgan fingerprint density at radius 3 is 1.54 bits per heavy atom. The standard InChI is InChI=1S/C33H27N3O/c1-23-7-17-29(18-8-23)36(30-19-9-24(2)10-20-30)31-21-15-26(16-22-31)25-11-13-28(14-12-25)33-35-34-32(37-33)27-5-3-4-6-27/h3-5,7-22H,6H2,1-2H3. The van der Waals surface area contributed by atoms with E-state index >= 15 is 0 Å². The van der Waals surface area contributed by atoms with Gasteiger partial charge in [-0.25, -0.2) is 0 Å². The minimum Gasteiger partial charge on any atom is -0.416 e. The Bertz CT molecular complexity index is 1530. The molecule has 0 unspecified atom stereocenters. The Kier molecular flexibility index (Phi) is 5.99. The lowest BCUT2D eigenvalue weighted by Crippen LogP contribution is -2.09. The third-order valence-electron chi connectivity index (χ3n) is 6.65. The molecule has 5 aromatic rings. The molecule has 1 aliphatic carbocycles. The quantitative estimate of drug-likeness (QED) is 0.243. The van der Waals surface area contributed by atoms with E-state index in [9.17, 15) is 0 Å². The van der Waals surface area contributed by atoms with Crippen LogP contribution >= 0.6 is 0 Å². The van der Waals surface area contributed by atoms with Crippen molar-refractivity contribution in [1.82, 2.24) is 10.2 Å². The number of benzene rings is 4. The van der Waals surface area contributed by atoms with Gasteiger partial charge in [-0.2, -0.15) is 0 Å². The van der Waals surface area contributed by atoms with Gasteiger partial charge in [0.2, 0.25) is 11.8 Å². The van der Waals surface area contributed by atoms with Crippen molar-refractivity contribution >= 4 is 22.6 Å². The molecule has 0 atom stereocenters. The first-order chi connectivity index (χ1) is 18.1. The first-order valence-corrected chi connectivity index (χ1v) is 12.5. The molecular formula is C33H27N3O. The molecular weight excluding hydrogens is 454 g/mol. The molecule has 180 valence electrons. The van der Waals surface area contributed by atoms with Gasteiger partial charge in [-0.1, -0.05) is 77.9 Å². The zero-order chi connectivity index (χ0) is 25.2. The molecule has 0 bridgehead atoms. The molecule has 4 aromatic carbocycles. The van der Waals surface area contributed by atoms with Crippen molar-refractivity contribution in [2.75, 3.05) is 4.90 Å². The molecule has 0 radical (unpaired) electrons. The van der Waals surface area contributed by atoms with Crippen molar-refractivity contribution in [3.8, 4) is 22.6 Å². The molecule has 1 aromatic heterocycles. The number of aromatic nitrogens is 2. The fourth-order valence-corrected chi connectivity index (χ4v) is 4.52. The van der Waals surface area contributed by atoms with Crippen LogP contribution in [0, 0.1) is 13.8 Å². The third kappa shape index (κ3) is 4.74. The number of hydrogen-bond acceptors (Lipinski definition) is 4. The molecule has 4 nitrogen and oxygen atoms in total. The highest BCUT2D eigenvalue weighted by Crippen LogP contribution is 2.36. The summed E-state index contributed by atoms with van der Waals surface area (Å²) in [6.07, 6.45) is 6.95. The molecule has 0 spiro atoms. The average Bonchev–Trinajstić information content (AvgIpc) is 3.64. The summed E-state index contributed by atoms with van der Waals surface area (Å²) in [5.41, 5.74) is 10.1. The Morgan fingerprint density at radius 1 is 0.568 bits per heavy atom. The number of anilines is 3. The molecule has 0 saturated heterocycles. The molecule has 0 N–H and O–H groups in total. The Morgan fingerprint density at radius 2 is 1.03 bits per heavy atom. The summed E-state index contributed by atoms with van der Waals surface area (Å²) < 4.78 is 5.90. The van der Waals surface area contributed by atoms with E-state index in [0.717, 1.165) is 45.7 Å². The molecule has 0 aliphatic heterocycles. The van der Waals surface area contributed by atoms with Crippen molar-refractivity contribution in [1.29, 1.82) is 0 Å². The first kappa shape index (κ1) is 22.7. The molecule has 1 heterocycles. The van der Waals surface area contributed by atoms with Crippen LogP contribution in [0.5, 0.6) is 0 Å². The summed E-state index contributed by atoms with van der Waals surface area (Å²) in [6, 6.07) is 34.3. The number of hydrogen-bond donors (Lipinski definition) is 0. The highest BCUT2D eigenvalue weighted by atomic mass is 16.4. The van der Waals surface area contributed by atoms with Gasteiger partial charge < -0.3 is 9.32 Å². The lowest BCUT2D eigenvalue weighted by Gasteiger charge is -2.26. The van der Waals surface area contributed by atoms with Crippen LogP contribution in [-0.2, 0) is 0 Å². The van der Waals surface area contributed by atoms with Gasteiger partial charge in [-0.05, 0) is 79.9 Å². The van der Waals surface area contributed by atoms with Gasteiger partial charge in [0, 0.05) is 28.2 Å². The minimum atomic E-state index is 0.538. The summed E-state index contributed by atoms with van der Waals surface area (Å²) in [4.78, 5) is 2.29. The lowest BCUT2D eigenvalue weighted by atomic mass is 10.0. The zero-order valence-corrected chi connectivity index (χ0v) is 20.9. The topological polar surface area (TPSA) is 42.2 Å². The van der Waals surface area contributed by atoms with E-state index in [1.54, 1.807) is 0 Å². The number of aryl methyl sites for hydroxylation is 2. The molecule has 6 rings (SSSR count). The van der Waals surface area contributed by atoms with Gasteiger partial charge in [-0.15, -0.1) is 10.2 Å². The van der Waals surface area contributed by atoms with E-state index in [1.807, 2.05) is 24.3 Å². The fraction of sp³-hybridized carbons (Fsp3) is 0.0909. The van der Waals surface area contributed by atoms with Crippen LogP contribution in [0.3, 0.4) is 0 Å². The maximum Gasteiger partial charge on any atom is 0.248 e. The maximum atomic E-state index is 5.90. The Balaban J connectivity index is 1.26. The fourth-order valence-electron chi connectivity index (χ4n) is 4.52. The molecule has 0 amide bonds. The zero-order valence-electron chi connectivity index (χ0n) is 20.9. The first-order valence-electron chi connectivity index (χ1n) is 12.5. The second-order valence-electron chi connectivity index (χ2n) is 9.37. The summed E-state index contributed by atoms with van der Waals surface area (Å²) in [6.45, 7) is 4.23. The van der Waals surface area contributed by atoms with Gasteiger partial charge in [0.05, 0.1) is 0 Å². The van der Waals surface area contributed by atoms with Gasteiger partial charge in [-0.3, -0.25) is 0 Å². The predicted molar refractivity (Wildman–Crippen MR) is 151 cm³/mol. The smallest absolute Gasteiger partial charge is 0.248 e. The van der Waals surface area contributed by atoms with E-state index in [1.165, 1.54) is 11.1 Å². The van der Waals surface area contributed by atoms with Crippen LogP contribution in [0.25, 0.3) is 28.2 Å². The van der Waals surface area contributed by atoms with Crippen LogP contribution in [0.2, 0.25) is 0 Å². The highest BCUT2D eigenvalue weighted by molar-refractivity contribution is 5.78. The van der Waals surface area contributed by atoms with E-state index < -0.39 is 0 Å². The second kappa shape index (κ2) is 9.75. The van der Waals surface area contributed by atoms with Crippen LogP contribution in [0.4, 0.5) is 17.1 Å². The maximum absolute atomic E-state index is 5.90. The summed E-state index contributed by atoms with van der Waals surface area (Å²) in [5.74, 6) is 1.13. The van der Waals surface area contributed by atoms with Gasteiger partial charge in [0.1, 0.15) is 0 Å². The van der Waals surface area contributed by atoms with Crippen molar-refractivity contribution in [2.45, 2.75) is 20.3 Å². The monoisotopic (exact) mass is 481 g/mol. The highest BCUT2D eigenvalue weighted by Gasteiger charge is 2.15. The Labute approximate surface area is 217 Å². The molecule has 0 fully saturated rings. The van der Waals surface area contributed by atoms with Gasteiger partial charge in [0.25, 0.3) is 0 Å². The average molecular weight is 482 g/mol. The molecule has 4 heteroatoms. The van der Waals surface area contributed by atoms with Crippen molar-refractivity contribution < 1.29 is 4.42 Å². The minimum absolute atomic E-state index is 0.538. The van der Waals surface area contributed by atoms with Crippen LogP contribution in [0.15, 0.2) is 120 Å². The lowest BCUT2D eigenvalue weighted by molar-refractivity contribution is 0.552. The number of allylic oxidation sites excluding steroid dienone is 4. The molecule has 37 heavy (non-hydrogen) atoms. The summed E-state index contributed by atoms with van der Waals surface area (Å²) >= 11 is 0. The summed E-state index contributed by atoms with van der Waals surface area (Å²) in [7, 11) is 0. The number of nitrogens with zero attached hydrogens (tertiary/aromatic N) is 3. The second-order valence-corrected chi connectivity index (χ2v) is 9.37. The van der Waals surface area contributed by atoms with Crippen LogP contribution < -0.4 is 4.90 Å². The van der Waals surface area contributed by atoms with E-state index in [2.05, 4.69) is 120 Å². The SMILES string of the molecule is Cc1ccc(N(c2ccc(C)cc2)c2ccc(-c3ccc(-c4nnc(C5=CC=CC5)o4)cc3)cc2)cc1. The van der Waals surface area contributed by atoms with E-state index in [0.29, 0.717) is 11.8 Å². The summed E-state index contributed by atoms with van der Waals surface area (Å²) in [5, 5.41) is 8.45. The molecule has 0 saturated carbocycles. The third-order valence-corrected chi connectivity index (χ3v) is 6.65. The molecule has 1 aliphatic rings. The van der Waals surface area contributed by atoms with Crippen LogP contribution in [-0.4, -0.2) is 10.2 Å². The van der Waals surface area contributed by atoms with Gasteiger partial charge in [0.15, 0.2) is 0 Å².